The van der Waals surface area contributed by atoms with Crippen molar-refractivity contribution in [3.8, 4) is 11.3 Å². The average molecular weight is 364 g/mol. The Bertz CT molecular complexity index is 743. The molecule has 1 aromatic heterocycles. The Balaban J connectivity index is 1.92. The third-order valence-corrected chi connectivity index (χ3v) is 4.27. The molecule has 0 fully saturated rings. The van der Waals surface area contributed by atoms with Crippen LogP contribution in [0.25, 0.3) is 11.3 Å². The minimum absolute atomic E-state index is 0.0818. The van der Waals surface area contributed by atoms with Crippen molar-refractivity contribution in [2.24, 2.45) is 7.05 Å². The second-order valence-corrected chi connectivity index (χ2v) is 6.56. The standard InChI is InChI=1S/C20H26F2N2O2/c1-4-5-6-7-14(2)26-20(25)11-9-16-13-19(24(3)23-16)17-10-8-15(21)12-18(17)22/h8,10,12-14H,4-7,9,11H2,1-3H3. The van der Waals surface area contributed by atoms with E-state index in [2.05, 4.69) is 12.0 Å². The van der Waals surface area contributed by atoms with Crippen molar-refractivity contribution >= 4 is 5.97 Å². The summed E-state index contributed by atoms with van der Waals surface area (Å²) in [6.45, 7) is 4.04. The van der Waals surface area contributed by atoms with Crippen LogP contribution < -0.4 is 0 Å². The lowest BCUT2D eigenvalue weighted by molar-refractivity contribution is -0.148. The van der Waals surface area contributed by atoms with E-state index in [1.54, 1.807) is 13.1 Å². The van der Waals surface area contributed by atoms with Gasteiger partial charge in [0.25, 0.3) is 0 Å². The lowest BCUT2D eigenvalue weighted by atomic mass is 10.1. The summed E-state index contributed by atoms with van der Waals surface area (Å²) in [5, 5.41) is 4.31. The average Bonchev–Trinajstić information content (AvgIpc) is 2.94. The first kappa shape index (κ1) is 20.1. The van der Waals surface area contributed by atoms with E-state index in [4.69, 9.17) is 4.74 Å². The summed E-state index contributed by atoms with van der Waals surface area (Å²) in [5.74, 6) is -1.52. The summed E-state index contributed by atoms with van der Waals surface area (Å²) in [6, 6.07) is 5.16. The summed E-state index contributed by atoms with van der Waals surface area (Å²) >= 11 is 0. The molecule has 0 saturated heterocycles. The monoisotopic (exact) mass is 364 g/mol. The fourth-order valence-electron chi connectivity index (χ4n) is 2.85. The molecule has 4 nitrogen and oxygen atoms in total. The molecule has 0 N–H and O–H groups in total. The highest BCUT2D eigenvalue weighted by molar-refractivity contribution is 5.70. The van der Waals surface area contributed by atoms with Crippen molar-refractivity contribution in [3.63, 3.8) is 0 Å². The predicted octanol–water partition coefficient (Wildman–Crippen LogP) is 4.81. The zero-order chi connectivity index (χ0) is 19.1. The molecule has 0 bridgehead atoms. The second kappa shape index (κ2) is 9.46. The van der Waals surface area contributed by atoms with E-state index in [1.807, 2.05) is 6.92 Å². The number of nitrogens with zero attached hydrogens (tertiary/aromatic N) is 2. The van der Waals surface area contributed by atoms with Gasteiger partial charge in [-0.25, -0.2) is 8.78 Å². The number of hydrogen-bond acceptors (Lipinski definition) is 3. The molecule has 6 heteroatoms. The van der Waals surface area contributed by atoms with Crippen LogP contribution in [0.4, 0.5) is 8.78 Å². The number of aryl methyl sites for hydroxylation is 2. The van der Waals surface area contributed by atoms with Gasteiger partial charge >= 0.3 is 5.97 Å². The molecule has 142 valence electrons. The van der Waals surface area contributed by atoms with E-state index in [0.29, 0.717) is 17.8 Å². The normalized spacial score (nSPS) is 12.2. The van der Waals surface area contributed by atoms with E-state index in [1.165, 1.54) is 16.8 Å². The van der Waals surface area contributed by atoms with Crippen LogP contribution in [-0.4, -0.2) is 21.9 Å². The Labute approximate surface area is 153 Å². The molecule has 1 aromatic carbocycles. The van der Waals surface area contributed by atoms with Crippen molar-refractivity contribution in [1.82, 2.24) is 9.78 Å². The minimum atomic E-state index is -0.639. The highest BCUT2D eigenvalue weighted by Crippen LogP contribution is 2.24. The summed E-state index contributed by atoms with van der Waals surface area (Å²) < 4.78 is 34.0. The highest BCUT2D eigenvalue weighted by Gasteiger charge is 2.15. The van der Waals surface area contributed by atoms with Gasteiger partial charge in [-0.15, -0.1) is 0 Å². The first-order valence-corrected chi connectivity index (χ1v) is 9.08. The maximum atomic E-state index is 14.0. The smallest absolute Gasteiger partial charge is 0.306 e. The topological polar surface area (TPSA) is 44.1 Å². The number of rotatable bonds is 9. The quantitative estimate of drug-likeness (QED) is 0.474. The van der Waals surface area contributed by atoms with Crippen LogP contribution in [0, 0.1) is 11.6 Å². The summed E-state index contributed by atoms with van der Waals surface area (Å²) in [6.07, 6.45) is 4.75. The Hall–Kier alpha value is -2.24. The molecule has 0 aliphatic rings. The number of esters is 1. The van der Waals surface area contributed by atoms with E-state index in [9.17, 15) is 13.6 Å². The highest BCUT2D eigenvalue weighted by atomic mass is 19.1. The van der Waals surface area contributed by atoms with E-state index in [0.717, 1.165) is 31.7 Å². The number of halogens is 2. The van der Waals surface area contributed by atoms with Gasteiger partial charge in [0.15, 0.2) is 0 Å². The molecule has 0 aliphatic heterocycles. The van der Waals surface area contributed by atoms with Crippen LogP contribution in [0.1, 0.15) is 51.6 Å². The minimum Gasteiger partial charge on any atom is -0.463 e. The molecule has 26 heavy (non-hydrogen) atoms. The molecule has 1 heterocycles. The van der Waals surface area contributed by atoms with Crippen molar-refractivity contribution in [2.45, 2.75) is 58.5 Å². The molecule has 2 aromatic rings. The van der Waals surface area contributed by atoms with Gasteiger partial charge in [-0.05, 0) is 38.0 Å². The molecular formula is C20H26F2N2O2. The van der Waals surface area contributed by atoms with E-state index >= 15 is 0 Å². The van der Waals surface area contributed by atoms with Gasteiger partial charge in [-0.1, -0.05) is 19.8 Å². The number of hydrogen-bond donors (Lipinski definition) is 0. The van der Waals surface area contributed by atoms with Crippen molar-refractivity contribution in [1.29, 1.82) is 0 Å². The van der Waals surface area contributed by atoms with Gasteiger partial charge in [-0.3, -0.25) is 9.48 Å². The van der Waals surface area contributed by atoms with Gasteiger partial charge < -0.3 is 4.74 Å². The number of carbonyl (C=O) groups excluding carboxylic acids is 1. The third kappa shape index (κ3) is 5.64. The SMILES string of the molecule is CCCCCC(C)OC(=O)CCc1cc(-c2ccc(F)cc2F)n(C)n1. The lowest BCUT2D eigenvalue weighted by Gasteiger charge is -2.12. The summed E-state index contributed by atoms with van der Waals surface area (Å²) in [7, 11) is 1.69. The number of carbonyl (C=O) groups is 1. The van der Waals surface area contributed by atoms with Crippen LogP contribution >= 0.6 is 0 Å². The number of benzene rings is 1. The van der Waals surface area contributed by atoms with Gasteiger partial charge in [0.1, 0.15) is 11.6 Å². The first-order chi connectivity index (χ1) is 12.4. The first-order valence-electron chi connectivity index (χ1n) is 9.08. The molecule has 0 radical (unpaired) electrons. The molecule has 0 saturated carbocycles. The Morgan fingerprint density at radius 3 is 2.73 bits per heavy atom. The largest absolute Gasteiger partial charge is 0.463 e. The van der Waals surface area contributed by atoms with E-state index < -0.39 is 11.6 Å². The molecule has 1 unspecified atom stereocenters. The van der Waals surface area contributed by atoms with Crippen molar-refractivity contribution in [3.05, 3.63) is 41.6 Å². The Morgan fingerprint density at radius 2 is 2.04 bits per heavy atom. The predicted molar refractivity (Wildman–Crippen MR) is 96.6 cm³/mol. The summed E-state index contributed by atoms with van der Waals surface area (Å²) in [5.41, 5.74) is 1.49. The second-order valence-electron chi connectivity index (χ2n) is 6.56. The maximum Gasteiger partial charge on any atom is 0.306 e. The molecule has 1 atom stereocenters. The fraction of sp³-hybridized carbons (Fsp3) is 0.500. The maximum absolute atomic E-state index is 14.0. The van der Waals surface area contributed by atoms with Crippen LogP contribution in [0.2, 0.25) is 0 Å². The Morgan fingerprint density at radius 1 is 1.27 bits per heavy atom. The molecular weight excluding hydrogens is 338 g/mol. The van der Waals surface area contributed by atoms with Crippen LogP contribution in [0.15, 0.2) is 24.3 Å². The molecule has 0 amide bonds. The van der Waals surface area contributed by atoms with Crippen LogP contribution in [0.3, 0.4) is 0 Å². The summed E-state index contributed by atoms with van der Waals surface area (Å²) in [4.78, 5) is 12.0. The molecule has 0 spiro atoms. The zero-order valence-electron chi connectivity index (χ0n) is 15.6. The van der Waals surface area contributed by atoms with Crippen LogP contribution in [0.5, 0.6) is 0 Å². The number of unbranched alkanes of at least 4 members (excludes halogenated alkanes) is 2. The van der Waals surface area contributed by atoms with Gasteiger partial charge in [0.2, 0.25) is 0 Å². The fourth-order valence-corrected chi connectivity index (χ4v) is 2.85. The van der Waals surface area contributed by atoms with Gasteiger partial charge in [0.05, 0.1) is 23.9 Å². The van der Waals surface area contributed by atoms with Crippen LogP contribution in [-0.2, 0) is 23.0 Å². The van der Waals surface area contributed by atoms with Crippen molar-refractivity contribution < 1.29 is 18.3 Å². The molecule has 0 aliphatic carbocycles. The Kier molecular flexibility index (Phi) is 7.30. The zero-order valence-corrected chi connectivity index (χ0v) is 15.6. The molecule has 2 rings (SSSR count). The third-order valence-electron chi connectivity index (χ3n) is 4.27. The van der Waals surface area contributed by atoms with E-state index in [-0.39, 0.29) is 24.1 Å². The lowest BCUT2D eigenvalue weighted by Crippen LogP contribution is -2.15. The van der Waals surface area contributed by atoms with Crippen molar-refractivity contribution in [2.75, 3.05) is 0 Å². The van der Waals surface area contributed by atoms with Gasteiger partial charge in [-0.2, -0.15) is 5.10 Å². The number of aromatic nitrogens is 2. The van der Waals surface area contributed by atoms with Gasteiger partial charge in [0, 0.05) is 25.1 Å². The number of ether oxygens (including phenoxy) is 1.